The van der Waals surface area contributed by atoms with E-state index >= 15 is 0 Å². The molecule has 0 fully saturated rings. The summed E-state index contributed by atoms with van der Waals surface area (Å²) >= 11 is 0. The molecule has 0 bridgehead atoms. The second-order valence-electron chi connectivity index (χ2n) is 2.32. The average Bonchev–Trinajstić information content (AvgIpc) is 2.06. The first kappa shape index (κ1) is 8.35. The van der Waals surface area contributed by atoms with Gasteiger partial charge in [0.15, 0.2) is 0 Å². The van der Waals surface area contributed by atoms with E-state index in [1.165, 1.54) is 0 Å². The maximum Gasteiger partial charge on any atom is 0.248 e. The van der Waals surface area contributed by atoms with E-state index in [0.29, 0.717) is 5.56 Å². The molecule has 0 heterocycles. The number of carbonyl (C=O) groups is 1. The molecule has 0 unspecified atom stereocenters. The van der Waals surface area contributed by atoms with Crippen molar-refractivity contribution < 1.29 is 4.79 Å². The number of rotatable bonds is 1. The van der Waals surface area contributed by atoms with E-state index in [-0.39, 0.29) is 0 Å². The molecule has 0 aromatic heterocycles. The summed E-state index contributed by atoms with van der Waals surface area (Å²) in [5, 5.41) is 0. The predicted octanol–water partition coefficient (Wildman–Crippen LogP) is 1.16. The van der Waals surface area contributed by atoms with Gasteiger partial charge < -0.3 is 5.73 Å². The SMILES string of the molecule is CC#Cc1ccc(C(N)=O)cc1. The lowest BCUT2D eigenvalue weighted by molar-refractivity contribution is 0.100. The van der Waals surface area contributed by atoms with Gasteiger partial charge in [0.05, 0.1) is 0 Å². The van der Waals surface area contributed by atoms with Crippen molar-refractivity contribution in [2.24, 2.45) is 5.73 Å². The number of amides is 1. The molecule has 0 aliphatic heterocycles. The van der Waals surface area contributed by atoms with E-state index in [2.05, 4.69) is 11.8 Å². The summed E-state index contributed by atoms with van der Waals surface area (Å²) in [5.74, 6) is 5.23. The monoisotopic (exact) mass is 159 g/mol. The van der Waals surface area contributed by atoms with Crippen LogP contribution in [0.4, 0.5) is 0 Å². The maximum atomic E-state index is 10.7. The Morgan fingerprint density at radius 3 is 2.33 bits per heavy atom. The minimum atomic E-state index is -0.411. The second-order valence-corrected chi connectivity index (χ2v) is 2.32. The van der Waals surface area contributed by atoms with Crippen molar-refractivity contribution in [1.29, 1.82) is 0 Å². The van der Waals surface area contributed by atoms with Crippen LogP contribution in [-0.2, 0) is 0 Å². The van der Waals surface area contributed by atoms with Crippen molar-refractivity contribution >= 4 is 5.91 Å². The van der Waals surface area contributed by atoms with Gasteiger partial charge in [-0.1, -0.05) is 5.92 Å². The van der Waals surface area contributed by atoms with Crippen LogP contribution in [0.5, 0.6) is 0 Å². The summed E-state index contributed by atoms with van der Waals surface area (Å²) in [7, 11) is 0. The third-order valence-electron chi connectivity index (χ3n) is 1.44. The second kappa shape index (κ2) is 3.59. The summed E-state index contributed by atoms with van der Waals surface area (Å²) in [6.45, 7) is 1.77. The molecule has 1 rings (SSSR count). The van der Waals surface area contributed by atoms with E-state index < -0.39 is 5.91 Å². The maximum absolute atomic E-state index is 10.7. The molecule has 60 valence electrons. The Hall–Kier alpha value is -1.75. The molecule has 2 nitrogen and oxygen atoms in total. The van der Waals surface area contributed by atoms with Crippen molar-refractivity contribution in [2.45, 2.75) is 6.92 Å². The van der Waals surface area contributed by atoms with Crippen LogP contribution in [0.25, 0.3) is 0 Å². The fourth-order valence-corrected chi connectivity index (χ4v) is 0.862. The summed E-state index contributed by atoms with van der Waals surface area (Å²) < 4.78 is 0. The molecule has 0 aliphatic carbocycles. The van der Waals surface area contributed by atoms with Crippen LogP contribution in [0.1, 0.15) is 22.8 Å². The van der Waals surface area contributed by atoms with Gasteiger partial charge in [-0.25, -0.2) is 0 Å². The molecule has 0 aliphatic rings. The number of hydrogen-bond donors (Lipinski definition) is 1. The highest BCUT2D eigenvalue weighted by atomic mass is 16.1. The standard InChI is InChI=1S/C10H9NO/c1-2-3-8-4-6-9(7-5-8)10(11)12/h4-7H,1H3,(H2,11,12). The molecule has 0 radical (unpaired) electrons. The predicted molar refractivity (Wildman–Crippen MR) is 47.5 cm³/mol. The first-order valence-electron chi connectivity index (χ1n) is 3.56. The molecule has 2 N–H and O–H groups in total. The molecule has 0 atom stereocenters. The first-order valence-corrected chi connectivity index (χ1v) is 3.56. The third kappa shape index (κ3) is 1.86. The van der Waals surface area contributed by atoms with Gasteiger partial charge in [0, 0.05) is 11.1 Å². The minimum absolute atomic E-state index is 0.411. The van der Waals surface area contributed by atoms with Crippen molar-refractivity contribution in [3.05, 3.63) is 35.4 Å². The Balaban J connectivity index is 2.98. The molecular weight excluding hydrogens is 150 g/mol. The molecule has 2 heteroatoms. The quantitative estimate of drug-likeness (QED) is 0.614. The lowest BCUT2D eigenvalue weighted by atomic mass is 10.1. The fraction of sp³-hybridized carbons (Fsp3) is 0.100. The Kier molecular flexibility index (Phi) is 2.49. The van der Waals surface area contributed by atoms with Gasteiger partial charge >= 0.3 is 0 Å². The highest BCUT2D eigenvalue weighted by Crippen LogP contribution is 2.01. The highest BCUT2D eigenvalue weighted by Gasteiger charge is 1.97. The number of benzene rings is 1. The van der Waals surface area contributed by atoms with E-state index in [1.54, 1.807) is 31.2 Å². The van der Waals surface area contributed by atoms with Gasteiger partial charge in [-0.2, -0.15) is 0 Å². The van der Waals surface area contributed by atoms with E-state index in [9.17, 15) is 4.79 Å². The molecule has 12 heavy (non-hydrogen) atoms. The highest BCUT2D eigenvalue weighted by molar-refractivity contribution is 5.92. The van der Waals surface area contributed by atoms with Crippen LogP contribution in [-0.4, -0.2) is 5.91 Å². The van der Waals surface area contributed by atoms with Gasteiger partial charge in [0.2, 0.25) is 5.91 Å². The van der Waals surface area contributed by atoms with E-state index in [1.807, 2.05) is 0 Å². The first-order chi connectivity index (χ1) is 5.74. The van der Waals surface area contributed by atoms with Gasteiger partial charge in [-0.3, -0.25) is 4.79 Å². The van der Waals surface area contributed by atoms with Crippen LogP contribution in [0.3, 0.4) is 0 Å². The zero-order valence-electron chi connectivity index (χ0n) is 6.79. The van der Waals surface area contributed by atoms with Gasteiger partial charge in [0.25, 0.3) is 0 Å². The zero-order valence-corrected chi connectivity index (χ0v) is 6.79. The van der Waals surface area contributed by atoms with Crippen LogP contribution in [0, 0.1) is 11.8 Å². The molecule has 1 aromatic carbocycles. The van der Waals surface area contributed by atoms with Gasteiger partial charge in [-0.05, 0) is 31.2 Å². The molecule has 0 saturated carbocycles. The topological polar surface area (TPSA) is 43.1 Å². The van der Waals surface area contributed by atoms with Crippen LogP contribution in [0.2, 0.25) is 0 Å². The number of hydrogen-bond acceptors (Lipinski definition) is 1. The summed E-state index contributed by atoms with van der Waals surface area (Å²) in [5.41, 5.74) is 6.46. The van der Waals surface area contributed by atoms with Gasteiger partial charge in [-0.15, -0.1) is 5.92 Å². The van der Waals surface area contributed by atoms with Crippen LogP contribution < -0.4 is 5.73 Å². The largest absolute Gasteiger partial charge is 0.366 e. The Morgan fingerprint density at radius 1 is 1.33 bits per heavy atom. The van der Waals surface area contributed by atoms with Crippen molar-refractivity contribution in [3.63, 3.8) is 0 Å². The van der Waals surface area contributed by atoms with E-state index in [0.717, 1.165) is 5.56 Å². The summed E-state index contributed by atoms with van der Waals surface area (Å²) in [6.07, 6.45) is 0. The van der Waals surface area contributed by atoms with Crippen molar-refractivity contribution in [1.82, 2.24) is 0 Å². The molecule has 1 amide bonds. The van der Waals surface area contributed by atoms with Gasteiger partial charge in [0.1, 0.15) is 0 Å². The smallest absolute Gasteiger partial charge is 0.248 e. The molecule has 0 spiro atoms. The molecule has 1 aromatic rings. The van der Waals surface area contributed by atoms with E-state index in [4.69, 9.17) is 5.73 Å². The number of carbonyl (C=O) groups excluding carboxylic acids is 1. The zero-order chi connectivity index (χ0) is 8.97. The Labute approximate surface area is 71.4 Å². The normalized spacial score (nSPS) is 8.42. The lowest BCUT2D eigenvalue weighted by Gasteiger charge is -1.93. The average molecular weight is 159 g/mol. The molecular formula is C10H9NO. The molecule has 0 saturated heterocycles. The lowest BCUT2D eigenvalue weighted by Crippen LogP contribution is -2.10. The summed E-state index contributed by atoms with van der Waals surface area (Å²) in [6, 6.07) is 6.89. The van der Waals surface area contributed by atoms with Crippen LogP contribution >= 0.6 is 0 Å². The Morgan fingerprint density at radius 2 is 1.92 bits per heavy atom. The third-order valence-corrected chi connectivity index (χ3v) is 1.44. The Bertz CT molecular complexity index is 340. The summed E-state index contributed by atoms with van der Waals surface area (Å²) in [4.78, 5) is 10.7. The fourth-order valence-electron chi connectivity index (χ4n) is 0.862. The number of primary amides is 1. The minimum Gasteiger partial charge on any atom is -0.366 e. The van der Waals surface area contributed by atoms with Crippen molar-refractivity contribution in [2.75, 3.05) is 0 Å². The van der Waals surface area contributed by atoms with Crippen LogP contribution in [0.15, 0.2) is 24.3 Å². The van der Waals surface area contributed by atoms with Crippen molar-refractivity contribution in [3.8, 4) is 11.8 Å². The number of nitrogens with two attached hydrogens (primary N) is 1.